The van der Waals surface area contributed by atoms with E-state index in [1.54, 1.807) is 31.2 Å². The van der Waals surface area contributed by atoms with Crippen molar-refractivity contribution in [2.75, 3.05) is 12.0 Å². The van der Waals surface area contributed by atoms with Crippen molar-refractivity contribution in [2.45, 2.75) is 13.3 Å². The van der Waals surface area contributed by atoms with Crippen LogP contribution in [0.3, 0.4) is 0 Å². The van der Waals surface area contributed by atoms with Gasteiger partial charge in [0.05, 0.1) is 5.69 Å². The van der Waals surface area contributed by atoms with Gasteiger partial charge in [0.25, 0.3) is 5.91 Å². The Morgan fingerprint density at radius 2 is 1.68 bits per heavy atom. The molecule has 132 valence electrons. The van der Waals surface area contributed by atoms with Crippen LogP contribution in [-0.4, -0.2) is 18.3 Å². The highest BCUT2D eigenvalue weighted by Crippen LogP contribution is 2.18. The van der Waals surface area contributed by atoms with E-state index in [9.17, 15) is 22.8 Å². The molecule has 0 bridgehead atoms. The summed E-state index contributed by atoms with van der Waals surface area (Å²) in [6, 6.07) is 7.90. The molecule has 2 aromatic carbocycles. The summed E-state index contributed by atoms with van der Waals surface area (Å²) < 4.78 is 44.5. The molecule has 2 aromatic rings. The Balaban J connectivity index is 1.85. The van der Waals surface area contributed by atoms with Crippen LogP contribution in [0, 0.1) is 17.5 Å². The molecule has 1 amide bonds. The highest BCUT2D eigenvalue weighted by molar-refractivity contribution is 5.95. The number of benzene rings is 2. The van der Waals surface area contributed by atoms with Crippen molar-refractivity contribution < 1.29 is 27.5 Å². The van der Waals surface area contributed by atoms with Gasteiger partial charge >= 0.3 is 0 Å². The number of rotatable bonds is 7. The molecule has 0 atom stereocenters. The number of amides is 1. The van der Waals surface area contributed by atoms with Gasteiger partial charge < -0.3 is 4.74 Å². The SMILES string of the molecule is CCC(=O)c1ccc(OCC(=O)NNc2ccc(F)c(F)c2F)cc1. The van der Waals surface area contributed by atoms with E-state index in [-0.39, 0.29) is 5.78 Å². The monoisotopic (exact) mass is 352 g/mol. The van der Waals surface area contributed by atoms with Crippen molar-refractivity contribution in [3.8, 4) is 5.75 Å². The second-order valence-corrected chi connectivity index (χ2v) is 4.99. The van der Waals surface area contributed by atoms with E-state index in [0.29, 0.717) is 17.7 Å². The lowest BCUT2D eigenvalue weighted by Crippen LogP contribution is -2.34. The number of nitrogens with one attached hydrogen (secondary N) is 2. The van der Waals surface area contributed by atoms with Crippen LogP contribution in [0.15, 0.2) is 36.4 Å². The van der Waals surface area contributed by atoms with Gasteiger partial charge in [0.2, 0.25) is 0 Å². The molecule has 0 saturated heterocycles. The molecule has 0 aliphatic rings. The number of carbonyl (C=O) groups is 2. The average molecular weight is 352 g/mol. The highest BCUT2D eigenvalue weighted by Gasteiger charge is 2.13. The van der Waals surface area contributed by atoms with Crippen molar-refractivity contribution in [3.05, 3.63) is 59.4 Å². The summed E-state index contributed by atoms with van der Waals surface area (Å²) in [4.78, 5) is 23.1. The summed E-state index contributed by atoms with van der Waals surface area (Å²) in [5, 5.41) is 0. The molecule has 0 aromatic heterocycles. The van der Waals surface area contributed by atoms with E-state index in [0.717, 1.165) is 12.1 Å². The molecule has 8 heteroatoms. The minimum atomic E-state index is -1.64. The van der Waals surface area contributed by atoms with Gasteiger partial charge in [0.1, 0.15) is 5.75 Å². The van der Waals surface area contributed by atoms with E-state index in [2.05, 4.69) is 10.9 Å². The van der Waals surface area contributed by atoms with Crippen molar-refractivity contribution >= 4 is 17.4 Å². The fourth-order valence-electron chi connectivity index (χ4n) is 1.89. The molecule has 0 aliphatic heterocycles. The zero-order valence-electron chi connectivity index (χ0n) is 13.2. The molecule has 5 nitrogen and oxygen atoms in total. The second kappa shape index (κ2) is 8.18. The fourth-order valence-corrected chi connectivity index (χ4v) is 1.89. The zero-order valence-corrected chi connectivity index (χ0v) is 13.2. The van der Waals surface area contributed by atoms with E-state index in [4.69, 9.17) is 4.74 Å². The third-order valence-corrected chi connectivity index (χ3v) is 3.24. The van der Waals surface area contributed by atoms with Crippen LogP contribution in [0.1, 0.15) is 23.7 Å². The molecule has 0 unspecified atom stereocenters. The predicted octanol–water partition coefficient (Wildman–Crippen LogP) is 3.22. The third kappa shape index (κ3) is 4.72. The molecule has 0 saturated carbocycles. The van der Waals surface area contributed by atoms with Gasteiger partial charge in [0.15, 0.2) is 29.8 Å². The molecular formula is C17H15F3N2O3. The lowest BCUT2D eigenvalue weighted by molar-refractivity contribution is -0.122. The number of Topliss-reactive ketones (excluding diaryl/α,β-unsaturated/α-hetero) is 1. The number of hydrogen-bond acceptors (Lipinski definition) is 4. The molecule has 0 aliphatic carbocycles. The first-order valence-electron chi connectivity index (χ1n) is 7.36. The summed E-state index contributed by atoms with van der Waals surface area (Å²) in [5.41, 5.74) is 4.36. The van der Waals surface area contributed by atoms with E-state index >= 15 is 0 Å². The van der Waals surface area contributed by atoms with Crippen molar-refractivity contribution in [1.29, 1.82) is 0 Å². The molecule has 0 spiro atoms. The summed E-state index contributed by atoms with van der Waals surface area (Å²) in [5.74, 6) is -4.74. The number of ether oxygens (including phenoxy) is 1. The van der Waals surface area contributed by atoms with E-state index < -0.39 is 35.7 Å². The maximum Gasteiger partial charge on any atom is 0.276 e. The van der Waals surface area contributed by atoms with Crippen LogP contribution in [0.5, 0.6) is 5.75 Å². The number of ketones is 1. The molecule has 2 N–H and O–H groups in total. The molecule has 25 heavy (non-hydrogen) atoms. The summed E-state index contributed by atoms with van der Waals surface area (Å²) in [6.07, 6.45) is 0.384. The maximum atomic E-state index is 13.4. The first kappa shape index (κ1) is 18.3. The van der Waals surface area contributed by atoms with Gasteiger partial charge in [-0.15, -0.1) is 0 Å². The number of halogens is 3. The quantitative estimate of drug-likeness (QED) is 0.456. The Kier molecular flexibility index (Phi) is 5.99. The predicted molar refractivity (Wildman–Crippen MR) is 84.6 cm³/mol. The van der Waals surface area contributed by atoms with Crippen molar-refractivity contribution in [1.82, 2.24) is 5.43 Å². The van der Waals surface area contributed by atoms with E-state index in [1.165, 1.54) is 0 Å². The van der Waals surface area contributed by atoms with Gasteiger partial charge in [-0.1, -0.05) is 6.92 Å². The van der Waals surface area contributed by atoms with Crippen LogP contribution >= 0.6 is 0 Å². The highest BCUT2D eigenvalue weighted by atomic mass is 19.2. The summed E-state index contributed by atoms with van der Waals surface area (Å²) >= 11 is 0. The third-order valence-electron chi connectivity index (χ3n) is 3.24. The smallest absolute Gasteiger partial charge is 0.276 e. The summed E-state index contributed by atoms with van der Waals surface area (Å²) in [6.45, 7) is 1.35. The minimum Gasteiger partial charge on any atom is -0.484 e. The zero-order chi connectivity index (χ0) is 18.4. The van der Waals surface area contributed by atoms with Crippen LogP contribution in [-0.2, 0) is 4.79 Å². The van der Waals surface area contributed by atoms with Crippen LogP contribution in [0.2, 0.25) is 0 Å². The number of anilines is 1. The summed E-state index contributed by atoms with van der Waals surface area (Å²) in [7, 11) is 0. The van der Waals surface area contributed by atoms with Gasteiger partial charge in [-0.05, 0) is 36.4 Å². The number of hydrazine groups is 1. The lowest BCUT2D eigenvalue weighted by atomic mass is 10.1. The van der Waals surface area contributed by atoms with Crippen molar-refractivity contribution in [2.24, 2.45) is 0 Å². The van der Waals surface area contributed by atoms with Gasteiger partial charge in [-0.3, -0.25) is 20.4 Å². The molecule has 0 heterocycles. The molecule has 2 rings (SSSR count). The van der Waals surface area contributed by atoms with Crippen LogP contribution in [0.25, 0.3) is 0 Å². The Morgan fingerprint density at radius 3 is 2.32 bits per heavy atom. The Bertz CT molecular complexity index is 779. The second-order valence-electron chi connectivity index (χ2n) is 4.99. The van der Waals surface area contributed by atoms with Crippen molar-refractivity contribution in [3.63, 3.8) is 0 Å². The van der Waals surface area contributed by atoms with Gasteiger partial charge in [0, 0.05) is 12.0 Å². The Morgan fingerprint density at radius 1 is 1.00 bits per heavy atom. The van der Waals surface area contributed by atoms with Crippen LogP contribution < -0.4 is 15.6 Å². The first-order chi connectivity index (χ1) is 11.9. The first-order valence-corrected chi connectivity index (χ1v) is 7.36. The Labute approximate surface area is 141 Å². The average Bonchev–Trinajstić information content (AvgIpc) is 2.63. The van der Waals surface area contributed by atoms with E-state index in [1.807, 2.05) is 0 Å². The number of carbonyl (C=O) groups excluding carboxylic acids is 2. The van der Waals surface area contributed by atoms with Gasteiger partial charge in [-0.25, -0.2) is 13.2 Å². The normalized spacial score (nSPS) is 10.2. The topological polar surface area (TPSA) is 67.4 Å². The Hall–Kier alpha value is -3.03. The fraction of sp³-hybridized carbons (Fsp3) is 0.176. The minimum absolute atomic E-state index is 0.0120. The maximum absolute atomic E-state index is 13.4. The standard InChI is InChI=1S/C17H15F3N2O3/c1-2-14(23)10-3-5-11(6-4-10)25-9-15(24)22-21-13-8-7-12(18)16(19)17(13)20/h3-8,21H,2,9H2,1H3,(H,22,24). The molecule has 0 fully saturated rings. The van der Waals surface area contributed by atoms with Gasteiger partial charge in [-0.2, -0.15) is 0 Å². The van der Waals surface area contributed by atoms with Crippen LogP contribution in [0.4, 0.5) is 18.9 Å². The lowest BCUT2D eigenvalue weighted by Gasteiger charge is -2.11. The number of hydrogen-bond donors (Lipinski definition) is 2. The largest absolute Gasteiger partial charge is 0.484 e. The molecule has 0 radical (unpaired) electrons. The molecular weight excluding hydrogens is 337 g/mol.